The van der Waals surface area contributed by atoms with Gasteiger partial charge in [-0.2, -0.15) is 0 Å². The Kier molecular flexibility index (Phi) is 39.8. The standard InChI is InChI=1S/C19H38O4.C18H36O2/c1-2-3-4-5-6-7-8-9-10-11-12-13-14-15-19(22)23-17-18(21)16-20;1-2-3-4-5-6-7-8-9-10-11-12-13-14-15-16-17-18(19)20/h18,20-21H,2-17H2,1H3;2-17H2,1H3,(H,19,20)/p-1. The third kappa shape index (κ3) is 43.0. The van der Waals surface area contributed by atoms with Crippen molar-refractivity contribution in [2.24, 2.45) is 0 Å². The van der Waals surface area contributed by atoms with Crippen molar-refractivity contribution in [3.05, 3.63) is 0 Å². The normalized spacial score (nSPS) is 11.6. The van der Waals surface area contributed by atoms with Crippen LogP contribution in [0.2, 0.25) is 0 Å². The van der Waals surface area contributed by atoms with Crippen molar-refractivity contribution < 1.29 is 29.6 Å². The van der Waals surface area contributed by atoms with E-state index in [2.05, 4.69) is 13.8 Å². The van der Waals surface area contributed by atoms with E-state index >= 15 is 0 Å². The van der Waals surface area contributed by atoms with Crippen LogP contribution in [0.25, 0.3) is 0 Å². The quantitative estimate of drug-likeness (QED) is 0.0564. The van der Waals surface area contributed by atoms with Crippen molar-refractivity contribution in [2.45, 2.75) is 213 Å². The third-order valence-electron chi connectivity index (χ3n) is 8.12. The highest BCUT2D eigenvalue weighted by Crippen LogP contribution is 2.14. The number of esters is 1. The fourth-order valence-electron chi connectivity index (χ4n) is 5.24. The predicted octanol–water partition coefficient (Wildman–Crippen LogP) is 9.36. The molecule has 0 radical (unpaired) electrons. The summed E-state index contributed by atoms with van der Waals surface area (Å²) in [7, 11) is 0. The molecule has 0 bridgehead atoms. The van der Waals surface area contributed by atoms with Gasteiger partial charge in [-0.05, 0) is 19.3 Å². The Morgan fingerprint density at radius 3 is 1.07 bits per heavy atom. The first-order chi connectivity index (χ1) is 21.0. The minimum absolute atomic E-state index is 0.103. The minimum Gasteiger partial charge on any atom is -0.550 e. The molecular formula is C37H73O6-. The molecule has 43 heavy (non-hydrogen) atoms. The molecule has 6 nitrogen and oxygen atoms in total. The van der Waals surface area contributed by atoms with E-state index in [9.17, 15) is 14.7 Å². The Morgan fingerprint density at radius 2 is 0.791 bits per heavy atom. The lowest BCUT2D eigenvalue weighted by atomic mass is 10.0. The maximum Gasteiger partial charge on any atom is 0.305 e. The summed E-state index contributed by atoms with van der Waals surface area (Å²) in [5, 5.41) is 27.9. The molecule has 258 valence electrons. The average Bonchev–Trinajstić information content (AvgIpc) is 3.00. The van der Waals surface area contributed by atoms with Gasteiger partial charge in [-0.25, -0.2) is 0 Å². The van der Waals surface area contributed by atoms with Gasteiger partial charge in [0.25, 0.3) is 0 Å². The van der Waals surface area contributed by atoms with Crippen LogP contribution in [-0.2, 0) is 14.3 Å². The van der Waals surface area contributed by atoms with Crippen LogP contribution < -0.4 is 5.11 Å². The Morgan fingerprint density at radius 1 is 0.512 bits per heavy atom. The van der Waals surface area contributed by atoms with E-state index in [4.69, 9.17) is 14.9 Å². The van der Waals surface area contributed by atoms with Crippen molar-refractivity contribution in [1.29, 1.82) is 0 Å². The van der Waals surface area contributed by atoms with Gasteiger partial charge in [-0.1, -0.05) is 181 Å². The van der Waals surface area contributed by atoms with Gasteiger partial charge in [0.05, 0.1) is 6.61 Å². The van der Waals surface area contributed by atoms with Crippen molar-refractivity contribution in [2.75, 3.05) is 13.2 Å². The first-order valence-electron chi connectivity index (χ1n) is 18.6. The van der Waals surface area contributed by atoms with Gasteiger partial charge in [-0.15, -0.1) is 0 Å². The zero-order chi connectivity index (χ0) is 32.1. The zero-order valence-corrected chi connectivity index (χ0v) is 28.7. The van der Waals surface area contributed by atoms with E-state index in [1.807, 2.05) is 0 Å². The molecule has 0 saturated heterocycles. The number of hydrogen-bond acceptors (Lipinski definition) is 6. The van der Waals surface area contributed by atoms with E-state index in [0.717, 1.165) is 25.7 Å². The van der Waals surface area contributed by atoms with E-state index < -0.39 is 12.1 Å². The molecule has 0 fully saturated rings. The van der Waals surface area contributed by atoms with Crippen LogP contribution in [0, 0.1) is 0 Å². The van der Waals surface area contributed by atoms with Gasteiger partial charge in [0.2, 0.25) is 0 Å². The monoisotopic (exact) mass is 614 g/mol. The summed E-state index contributed by atoms with van der Waals surface area (Å²) >= 11 is 0. The Balaban J connectivity index is 0. The molecule has 0 saturated carbocycles. The van der Waals surface area contributed by atoms with Gasteiger partial charge in [0.1, 0.15) is 12.7 Å². The Bertz CT molecular complexity index is 553. The maximum absolute atomic E-state index is 11.3. The summed E-state index contributed by atoms with van der Waals surface area (Å²) in [6.07, 6.45) is 36.0. The summed E-state index contributed by atoms with van der Waals surface area (Å²) in [5.41, 5.74) is 0. The minimum atomic E-state index is -0.953. The molecule has 0 aromatic heterocycles. The van der Waals surface area contributed by atoms with Crippen molar-refractivity contribution in [3.63, 3.8) is 0 Å². The molecule has 0 spiro atoms. The fraction of sp³-hybridized carbons (Fsp3) is 0.946. The third-order valence-corrected chi connectivity index (χ3v) is 8.12. The summed E-state index contributed by atoms with van der Waals surface area (Å²) < 4.78 is 4.85. The molecule has 0 aromatic rings. The SMILES string of the molecule is CCCCCCCCCCCCCCCC(=O)OCC(O)CO.CCCCCCCCCCCCCCCCCC(=O)[O-]. The summed E-state index contributed by atoms with van der Waals surface area (Å²) in [4.78, 5) is 21.6. The second-order valence-electron chi connectivity index (χ2n) is 12.6. The summed E-state index contributed by atoms with van der Waals surface area (Å²) in [5.74, 6) is -1.18. The van der Waals surface area contributed by atoms with Crippen molar-refractivity contribution in [3.8, 4) is 0 Å². The highest BCUT2D eigenvalue weighted by atomic mass is 16.5. The number of aliphatic carboxylic acids is 1. The molecule has 1 unspecified atom stereocenters. The molecule has 1 atom stereocenters. The first kappa shape index (κ1) is 44.0. The van der Waals surface area contributed by atoms with Gasteiger partial charge >= 0.3 is 5.97 Å². The van der Waals surface area contributed by atoms with E-state index in [0.29, 0.717) is 6.42 Å². The predicted molar refractivity (Wildman–Crippen MR) is 179 cm³/mol. The second kappa shape index (κ2) is 38.9. The van der Waals surface area contributed by atoms with Crippen LogP contribution in [0.1, 0.15) is 206 Å². The van der Waals surface area contributed by atoms with Gasteiger partial charge in [0.15, 0.2) is 0 Å². The summed E-state index contributed by atoms with van der Waals surface area (Å²) in [6, 6.07) is 0. The highest BCUT2D eigenvalue weighted by Gasteiger charge is 2.07. The van der Waals surface area contributed by atoms with Crippen LogP contribution in [-0.4, -0.2) is 41.5 Å². The van der Waals surface area contributed by atoms with E-state index in [-0.39, 0.29) is 25.6 Å². The first-order valence-corrected chi connectivity index (χ1v) is 18.6. The number of carboxylic acids is 1. The van der Waals surface area contributed by atoms with Crippen LogP contribution >= 0.6 is 0 Å². The molecule has 6 heteroatoms. The van der Waals surface area contributed by atoms with E-state index in [1.165, 1.54) is 154 Å². The van der Waals surface area contributed by atoms with Crippen molar-refractivity contribution in [1.82, 2.24) is 0 Å². The molecular weight excluding hydrogens is 540 g/mol. The number of ether oxygens (including phenoxy) is 1. The van der Waals surface area contributed by atoms with Gasteiger partial charge in [0, 0.05) is 12.4 Å². The lowest BCUT2D eigenvalue weighted by molar-refractivity contribution is -0.305. The average molecular weight is 614 g/mol. The number of aliphatic hydroxyl groups excluding tert-OH is 2. The lowest BCUT2D eigenvalue weighted by Crippen LogP contribution is -2.21. The van der Waals surface area contributed by atoms with Crippen LogP contribution in [0.5, 0.6) is 0 Å². The number of carbonyl (C=O) groups excluding carboxylic acids is 2. The molecule has 0 heterocycles. The van der Waals surface area contributed by atoms with Crippen LogP contribution in [0.15, 0.2) is 0 Å². The zero-order valence-electron chi connectivity index (χ0n) is 28.7. The number of carboxylic acid groups (broad SMARTS) is 1. The fourth-order valence-corrected chi connectivity index (χ4v) is 5.24. The molecule has 2 N–H and O–H groups in total. The topological polar surface area (TPSA) is 107 Å². The maximum atomic E-state index is 11.3. The molecule has 0 aliphatic rings. The molecule has 0 amide bonds. The Hall–Kier alpha value is -1.14. The smallest absolute Gasteiger partial charge is 0.305 e. The highest BCUT2D eigenvalue weighted by molar-refractivity contribution is 5.69. The number of aliphatic hydroxyl groups is 2. The molecule has 0 aliphatic heterocycles. The molecule has 0 rings (SSSR count). The lowest BCUT2D eigenvalue weighted by Gasteiger charge is -2.08. The summed E-state index contributed by atoms with van der Waals surface area (Å²) in [6.45, 7) is 4.05. The number of carbonyl (C=O) groups is 2. The largest absolute Gasteiger partial charge is 0.550 e. The van der Waals surface area contributed by atoms with Crippen LogP contribution in [0.3, 0.4) is 0 Å². The van der Waals surface area contributed by atoms with Crippen molar-refractivity contribution >= 4 is 11.9 Å². The Labute approximate surface area is 267 Å². The van der Waals surface area contributed by atoms with Crippen LogP contribution in [0.4, 0.5) is 0 Å². The number of rotatable bonds is 33. The van der Waals surface area contributed by atoms with Gasteiger partial charge < -0.3 is 24.9 Å². The molecule has 0 aliphatic carbocycles. The van der Waals surface area contributed by atoms with E-state index in [1.54, 1.807) is 0 Å². The number of unbranched alkanes of at least 4 members (excludes halogenated alkanes) is 26. The number of hydrogen-bond donors (Lipinski definition) is 2. The van der Waals surface area contributed by atoms with Gasteiger partial charge in [-0.3, -0.25) is 4.79 Å². The second-order valence-corrected chi connectivity index (χ2v) is 12.6. The molecule has 0 aromatic carbocycles.